The molecule has 2 aromatic heterocycles. The maximum absolute atomic E-state index is 13.9. The number of hydrogen-bond acceptors (Lipinski definition) is 5. The van der Waals surface area contributed by atoms with Gasteiger partial charge in [-0.25, -0.2) is 9.36 Å². The van der Waals surface area contributed by atoms with Crippen molar-refractivity contribution in [3.05, 3.63) is 61.1 Å². The Bertz CT molecular complexity index is 1520. The van der Waals surface area contributed by atoms with E-state index in [0.29, 0.717) is 11.1 Å². The standard InChI is InChI=1S/C26H29F3N4O4S/c1-5-16-10-8-9-13-31(16)19(34)14-32-24-20(15(2)21(38-24)23(36)30(3)4)22(35)33(25(32)37)18-12-7-6-11-17(18)26(27,28)29/h6-7,11-12,16H,5,8-10,13-14H2,1-4H3/t16-/m1/s1. The van der Waals surface area contributed by atoms with E-state index in [1.165, 1.54) is 38.1 Å². The number of aryl methyl sites for hydroxylation is 1. The number of nitrogens with zero attached hydrogens (tertiary/aromatic N) is 4. The van der Waals surface area contributed by atoms with Crippen LogP contribution in [0.25, 0.3) is 15.9 Å². The topological polar surface area (TPSA) is 84.6 Å². The summed E-state index contributed by atoms with van der Waals surface area (Å²) in [5, 5.41) is -0.0599. The second-order valence-corrected chi connectivity index (χ2v) is 10.6. The van der Waals surface area contributed by atoms with Crippen molar-refractivity contribution in [1.29, 1.82) is 0 Å². The van der Waals surface area contributed by atoms with E-state index in [2.05, 4.69) is 0 Å². The molecule has 1 saturated heterocycles. The van der Waals surface area contributed by atoms with Gasteiger partial charge in [-0.3, -0.25) is 19.0 Å². The van der Waals surface area contributed by atoms with Crippen molar-refractivity contribution in [2.24, 2.45) is 0 Å². The van der Waals surface area contributed by atoms with Gasteiger partial charge in [-0.05, 0) is 50.3 Å². The first-order valence-electron chi connectivity index (χ1n) is 12.3. The molecule has 8 nitrogen and oxygen atoms in total. The van der Waals surface area contributed by atoms with Crippen molar-refractivity contribution in [2.75, 3.05) is 20.6 Å². The second-order valence-electron chi connectivity index (χ2n) is 9.61. The van der Waals surface area contributed by atoms with Crippen LogP contribution in [0.5, 0.6) is 0 Å². The molecule has 1 aliphatic rings. The van der Waals surface area contributed by atoms with Gasteiger partial charge in [-0.15, -0.1) is 11.3 Å². The highest BCUT2D eigenvalue weighted by Crippen LogP contribution is 2.34. The van der Waals surface area contributed by atoms with Crippen LogP contribution in [0.4, 0.5) is 13.2 Å². The summed E-state index contributed by atoms with van der Waals surface area (Å²) in [5.41, 5.74) is -3.58. The van der Waals surface area contributed by atoms with Gasteiger partial charge in [0.1, 0.15) is 11.4 Å². The Morgan fingerprint density at radius 2 is 1.82 bits per heavy atom. The maximum Gasteiger partial charge on any atom is 0.418 e. The Hall–Kier alpha value is -3.41. The van der Waals surface area contributed by atoms with E-state index < -0.39 is 41.1 Å². The van der Waals surface area contributed by atoms with Crippen LogP contribution >= 0.6 is 11.3 Å². The molecule has 1 fully saturated rings. The molecule has 12 heteroatoms. The molecule has 0 radical (unpaired) electrons. The van der Waals surface area contributed by atoms with Gasteiger partial charge in [0.15, 0.2) is 0 Å². The van der Waals surface area contributed by atoms with Gasteiger partial charge in [-0.1, -0.05) is 19.1 Å². The van der Waals surface area contributed by atoms with E-state index >= 15 is 0 Å². The first-order valence-corrected chi connectivity index (χ1v) is 13.2. The third-order valence-electron chi connectivity index (χ3n) is 6.98. The largest absolute Gasteiger partial charge is 0.418 e. The Labute approximate surface area is 220 Å². The fraction of sp³-hybridized carbons (Fsp3) is 0.462. The van der Waals surface area contributed by atoms with Crippen molar-refractivity contribution < 1.29 is 22.8 Å². The molecule has 3 heterocycles. The summed E-state index contributed by atoms with van der Waals surface area (Å²) in [6.45, 7) is 3.54. The molecule has 1 aromatic carbocycles. The molecule has 0 saturated carbocycles. The first kappa shape index (κ1) is 27.6. The Kier molecular flexibility index (Phi) is 7.55. The summed E-state index contributed by atoms with van der Waals surface area (Å²) in [6, 6.07) is 4.31. The first-order chi connectivity index (χ1) is 17.9. The van der Waals surface area contributed by atoms with Crippen LogP contribution in [0, 0.1) is 6.92 Å². The van der Waals surface area contributed by atoms with Gasteiger partial charge in [0.25, 0.3) is 11.5 Å². The summed E-state index contributed by atoms with van der Waals surface area (Å²) in [4.78, 5) is 57.0. The molecule has 1 atom stereocenters. The Morgan fingerprint density at radius 1 is 1.13 bits per heavy atom. The number of para-hydroxylation sites is 1. The van der Waals surface area contributed by atoms with E-state index in [1.54, 1.807) is 4.90 Å². The highest BCUT2D eigenvalue weighted by Gasteiger charge is 2.36. The van der Waals surface area contributed by atoms with E-state index in [9.17, 15) is 32.3 Å². The minimum Gasteiger partial charge on any atom is -0.344 e. The number of carbonyl (C=O) groups excluding carboxylic acids is 2. The second kappa shape index (κ2) is 10.4. The van der Waals surface area contributed by atoms with Gasteiger partial charge >= 0.3 is 11.9 Å². The minimum absolute atomic E-state index is 0.00439. The third-order valence-corrected chi connectivity index (χ3v) is 8.28. The van der Waals surface area contributed by atoms with Crippen LogP contribution in [0.2, 0.25) is 0 Å². The van der Waals surface area contributed by atoms with E-state index in [-0.39, 0.29) is 32.6 Å². The van der Waals surface area contributed by atoms with Gasteiger partial charge < -0.3 is 9.80 Å². The molecule has 4 rings (SSSR count). The van der Waals surface area contributed by atoms with Crippen LogP contribution in [0.3, 0.4) is 0 Å². The highest BCUT2D eigenvalue weighted by molar-refractivity contribution is 7.20. The number of halogens is 3. The molecular weight excluding hydrogens is 521 g/mol. The van der Waals surface area contributed by atoms with E-state index in [0.717, 1.165) is 53.7 Å². The number of piperidine rings is 1. The predicted octanol–water partition coefficient (Wildman–Crippen LogP) is 4.03. The van der Waals surface area contributed by atoms with Crippen molar-refractivity contribution in [2.45, 2.75) is 58.3 Å². The Morgan fingerprint density at radius 3 is 2.45 bits per heavy atom. The average Bonchev–Trinajstić information content (AvgIpc) is 3.22. The number of alkyl halides is 3. The third kappa shape index (κ3) is 4.77. The zero-order chi connectivity index (χ0) is 27.9. The number of carbonyl (C=O) groups is 2. The van der Waals surface area contributed by atoms with Crippen LogP contribution in [-0.2, 0) is 17.5 Å². The highest BCUT2D eigenvalue weighted by atomic mass is 32.1. The van der Waals surface area contributed by atoms with Crippen molar-refractivity contribution in [3.8, 4) is 5.69 Å². The van der Waals surface area contributed by atoms with Gasteiger partial charge in [0.2, 0.25) is 5.91 Å². The van der Waals surface area contributed by atoms with Gasteiger partial charge in [0, 0.05) is 26.7 Å². The summed E-state index contributed by atoms with van der Waals surface area (Å²) in [5.74, 6) is -0.779. The summed E-state index contributed by atoms with van der Waals surface area (Å²) >= 11 is 0.890. The van der Waals surface area contributed by atoms with Crippen molar-refractivity contribution in [1.82, 2.24) is 18.9 Å². The van der Waals surface area contributed by atoms with Gasteiger partial charge in [0.05, 0.1) is 21.5 Å². The summed E-state index contributed by atoms with van der Waals surface area (Å²) in [7, 11) is 3.06. The number of rotatable bonds is 5. The lowest BCUT2D eigenvalue weighted by Crippen LogP contribution is -2.47. The lowest BCUT2D eigenvalue weighted by Gasteiger charge is -2.35. The van der Waals surface area contributed by atoms with Crippen LogP contribution in [-0.4, -0.2) is 57.4 Å². The summed E-state index contributed by atoms with van der Waals surface area (Å²) in [6.07, 6.45) is -1.50. The van der Waals surface area contributed by atoms with Gasteiger partial charge in [-0.2, -0.15) is 13.2 Å². The fourth-order valence-corrected chi connectivity index (χ4v) is 6.31. The van der Waals surface area contributed by atoms with E-state index in [1.807, 2.05) is 6.92 Å². The number of likely N-dealkylation sites (tertiary alicyclic amines) is 1. The zero-order valence-electron chi connectivity index (χ0n) is 21.6. The number of benzene rings is 1. The molecule has 3 aromatic rings. The van der Waals surface area contributed by atoms with Crippen molar-refractivity contribution in [3.63, 3.8) is 0 Å². The minimum atomic E-state index is -4.84. The molecule has 1 aliphatic heterocycles. The lowest BCUT2D eigenvalue weighted by atomic mass is 10.00. The molecule has 38 heavy (non-hydrogen) atoms. The maximum atomic E-state index is 13.9. The molecule has 204 valence electrons. The summed E-state index contributed by atoms with van der Waals surface area (Å²) < 4.78 is 43.2. The molecule has 2 amide bonds. The number of amides is 2. The quantitative estimate of drug-likeness (QED) is 0.480. The van der Waals surface area contributed by atoms with Crippen molar-refractivity contribution >= 4 is 33.4 Å². The average molecular weight is 551 g/mol. The zero-order valence-corrected chi connectivity index (χ0v) is 22.4. The molecule has 0 bridgehead atoms. The predicted molar refractivity (Wildman–Crippen MR) is 139 cm³/mol. The van der Waals surface area contributed by atoms with Crippen LogP contribution in [0.15, 0.2) is 33.9 Å². The van der Waals surface area contributed by atoms with Crippen LogP contribution < -0.4 is 11.2 Å². The number of aromatic nitrogens is 2. The molecule has 0 N–H and O–H groups in total. The number of thiophene rings is 1. The number of fused-ring (bicyclic) bond motifs is 1. The number of hydrogen-bond donors (Lipinski definition) is 0. The smallest absolute Gasteiger partial charge is 0.344 e. The fourth-order valence-electron chi connectivity index (χ4n) is 4.99. The molecule has 0 aliphatic carbocycles. The lowest BCUT2D eigenvalue weighted by molar-refractivity contribution is -0.138. The van der Waals surface area contributed by atoms with Crippen LogP contribution in [0.1, 0.15) is 53.4 Å². The normalized spacial score (nSPS) is 16.2. The van der Waals surface area contributed by atoms with E-state index in [4.69, 9.17) is 0 Å². The molecule has 0 spiro atoms. The molecule has 0 unspecified atom stereocenters. The SMILES string of the molecule is CC[C@@H]1CCCCN1C(=O)Cn1c(=O)n(-c2ccccc2C(F)(F)F)c(=O)c2c(C)c(C(=O)N(C)C)sc21. The molecular formula is C26H29F3N4O4S. The monoisotopic (exact) mass is 550 g/mol. The Balaban J connectivity index is 2.02.